The second-order valence-electron chi connectivity index (χ2n) is 6.71. The molecule has 0 unspecified atom stereocenters. The van der Waals surface area contributed by atoms with Crippen molar-refractivity contribution in [1.82, 2.24) is 19.5 Å². The number of hydrogen-bond donors (Lipinski definition) is 1. The number of amides is 1. The van der Waals surface area contributed by atoms with Gasteiger partial charge < -0.3 is 5.32 Å². The molecule has 0 saturated carbocycles. The molecule has 4 aromatic rings. The Balaban J connectivity index is 1.61. The topological polar surface area (TPSA) is 89.8 Å². The van der Waals surface area contributed by atoms with E-state index >= 15 is 0 Å². The number of aryl methyl sites for hydroxylation is 3. The van der Waals surface area contributed by atoms with E-state index in [1.165, 1.54) is 4.57 Å². The maximum absolute atomic E-state index is 12.7. The zero-order chi connectivity index (χ0) is 19.8. The predicted octanol–water partition coefficient (Wildman–Crippen LogP) is 2.90. The van der Waals surface area contributed by atoms with Crippen molar-refractivity contribution in [1.29, 1.82) is 0 Å². The maximum Gasteiger partial charge on any atom is 0.261 e. The number of anilines is 1. The molecule has 1 N–H and O–H groups in total. The molecular formula is C21H19N5O2. The van der Waals surface area contributed by atoms with E-state index in [0.717, 1.165) is 16.9 Å². The molecule has 140 valence electrons. The second kappa shape index (κ2) is 6.84. The predicted molar refractivity (Wildman–Crippen MR) is 108 cm³/mol. The molecule has 2 aromatic carbocycles. The van der Waals surface area contributed by atoms with Gasteiger partial charge in [0.05, 0.1) is 33.3 Å². The van der Waals surface area contributed by atoms with Gasteiger partial charge in [-0.05, 0) is 51.1 Å². The normalized spacial score (nSPS) is 11.1. The highest BCUT2D eigenvalue weighted by molar-refractivity contribution is 5.93. The van der Waals surface area contributed by atoms with Gasteiger partial charge in [-0.15, -0.1) is 0 Å². The molecule has 0 radical (unpaired) electrons. The first kappa shape index (κ1) is 17.8. The van der Waals surface area contributed by atoms with Crippen LogP contribution < -0.4 is 10.9 Å². The number of fused-ring (bicyclic) bond motifs is 2. The van der Waals surface area contributed by atoms with Crippen LogP contribution in [-0.4, -0.2) is 25.4 Å². The number of nitrogens with zero attached hydrogens (tertiary/aromatic N) is 4. The minimum absolute atomic E-state index is 0.112. The van der Waals surface area contributed by atoms with Crippen molar-refractivity contribution in [3.63, 3.8) is 0 Å². The van der Waals surface area contributed by atoms with Crippen LogP contribution in [0.15, 0.2) is 47.3 Å². The molecule has 0 aliphatic heterocycles. The molecule has 2 heterocycles. The molecule has 0 aliphatic carbocycles. The third kappa shape index (κ3) is 3.22. The van der Waals surface area contributed by atoms with Gasteiger partial charge in [-0.2, -0.15) is 0 Å². The highest BCUT2D eigenvalue weighted by Crippen LogP contribution is 2.17. The van der Waals surface area contributed by atoms with Crippen LogP contribution in [0.3, 0.4) is 0 Å². The fourth-order valence-electron chi connectivity index (χ4n) is 3.12. The lowest BCUT2D eigenvalue weighted by atomic mass is 10.2. The summed E-state index contributed by atoms with van der Waals surface area (Å²) in [6, 6.07) is 12.5. The van der Waals surface area contributed by atoms with E-state index < -0.39 is 0 Å². The van der Waals surface area contributed by atoms with Crippen molar-refractivity contribution in [3.05, 3.63) is 70.0 Å². The van der Waals surface area contributed by atoms with Gasteiger partial charge in [0.15, 0.2) is 0 Å². The lowest BCUT2D eigenvalue weighted by molar-refractivity contribution is -0.116. The van der Waals surface area contributed by atoms with Crippen LogP contribution in [0, 0.1) is 20.8 Å². The molecule has 28 heavy (non-hydrogen) atoms. The van der Waals surface area contributed by atoms with Crippen LogP contribution in [0.25, 0.3) is 21.9 Å². The summed E-state index contributed by atoms with van der Waals surface area (Å²) in [7, 11) is 0. The summed E-state index contributed by atoms with van der Waals surface area (Å²) < 4.78 is 1.38. The van der Waals surface area contributed by atoms with Crippen molar-refractivity contribution in [2.75, 3.05) is 5.32 Å². The van der Waals surface area contributed by atoms with E-state index in [1.807, 2.05) is 26.0 Å². The SMILES string of the molecule is Cc1nc2ccc(NC(=O)Cn3c(C)nc4ccccc4c3=O)cc2nc1C. The van der Waals surface area contributed by atoms with Crippen LogP contribution in [-0.2, 0) is 11.3 Å². The average Bonchev–Trinajstić information content (AvgIpc) is 2.66. The molecule has 7 nitrogen and oxygen atoms in total. The van der Waals surface area contributed by atoms with Gasteiger partial charge in [0, 0.05) is 5.69 Å². The van der Waals surface area contributed by atoms with Gasteiger partial charge >= 0.3 is 0 Å². The zero-order valence-corrected chi connectivity index (χ0v) is 15.9. The molecule has 0 bridgehead atoms. The number of carbonyl (C=O) groups excluding carboxylic acids is 1. The molecule has 0 aliphatic rings. The minimum Gasteiger partial charge on any atom is -0.324 e. The van der Waals surface area contributed by atoms with E-state index in [4.69, 9.17) is 0 Å². The third-order valence-corrected chi connectivity index (χ3v) is 4.71. The van der Waals surface area contributed by atoms with E-state index in [-0.39, 0.29) is 18.0 Å². The quantitative estimate of drug-likeness (QED) is 0.596. The van der Waals surface area contributed by atoms with E-state index in [2.05, 4.69) is 20.3 Å². The number of nitrogens with one attached hydrogen (secondary N) is 1. The van der Waals surface area contributed by atoms with Crippen LogP contribution >= 0.6 is 0 Å². The summed E-state index contributed by atoms with van der Waals surface area (Å²) >= 11 is 0. The Hall–Kier alpha value is -3.61. The van der Waals surface area contributed by atoms with Crippen molar-refractivity contribution < 1.29 is 4.79 Å². The molecule has 1 amide bonds. The van der Waals surface area contributed by atoms with Crippen LogP contribution in [0.1, 0.15) is 17.2 Å². The Kier molecular flexibility index (Phi) is 4.35. The summed E-state index contributed by atoms with van der Waals surface area (Å²) in [5.74, 6) is 0.188. The zero-order valence-electron chi connectivity index (χ0n) is 15.9. The van der Waals surface area contributed by atoms with Crippen molar-refractivity contribution in [3.8, 4) is 0 Å². The number of hydrogen-bond acceptors (Lipinski definition) is 5. The lowest BCUT2D eigenvalue weighted by Gasteiger charge is -2.11. The molecule has 0 fully saturated rings. The van der Waals surface area contributed by atoms with Crippen molar-refractivity contribution in [2.24, 2.45) is 0 Å². The van der Waals surface area contributed by atoms with E-state index in [9.17, 15) is 9.59 Å². The van der Waals surface area contributed by atoms with Gasteiger partial charge in [0.25, 0.3) is 5.56 Å². The fraction of sp³-hybridized carbons (Fsp3) is 0.190. The van der Waals surface area contributed by atoms with Gasteiger partial charge in [-0.1, -0.05) is 12.1 Å². The summed E-state index contributed by atoms with van der Waals surface area (Å²) in [5.41, 5.74) is 4.21. The van der Waals surface area contributed by atoms with Crippen LogP contribution in [0.5, 0.6) is 0 Å². The van der Waals surface area contributed by atoms with Gasteiger partial charge in [0.1, 0.15) is 12.4 Å². The molecule has 2 aromatic heterocycles. The Morgan fingerprint density at radius 2 is 1.64 bits per heavy atom. The standard InChI is InChI=1S/C21H19N5O2/c1-12-13(2)23-19-10-15(8-9-18(19)22-12)25-20(27)11-26-14(3)24-17-7-5-4-6-16(17)21(26)28/h4-10H,11H2,1-3H3,(H,25,27). The van der Waals surface area contributed by atoms with Crippen LogP contribution in [0.4, 0.5) is 5.69 Å². The Morgan fingerprint density at radius 3 is 2.43 bits per heavy atom. The van der Waals surface area contributed by atoms with Crippen molar-refractivity contribution in [2.45, 2.75) is 27.3 Å². The van der Waals surface area contributed by atoms with Gasteiger partial charge in [-0.25, -0.2) is 15.0 Å². The highest BCUT2D eigenvalue weighted by Gasteiger charge is 2.12. The molecule has 0 saturated heterocycles. The Labute approximate surface area is 161 Å². The average molecular weight is 373 g/mol. The van der Waals surface area contributed by atoms with E-state index in [1.54, 1.807) is 37.3 Å². The van der Waals surface area contributed by atoms with Crippen LogP contribution in [0.2, 0.25) is 0 Å². The number of rotatable bonds is 3. The fourth-order valence-corrected chi connectivity index (χ4v) is 3.12. The summed E-state index contributed by atoms with van der Waals surface area (Å²) in [4.78, 5) is 38.7. The monoisotopic (exact) mass is 373 g/mol. The number of para-hydroxylation sites is 1. The molecule has 7 heteroatoms. The maximum atomic E-state index is 12.7. The second-order valence-corrected chi connectivity index (χ2v) is 6.71. The Morgan fingerprint density at radius 1 is 0.929 bits per heavy atom. The minimum atomic E-state index is -0.307. The number of carbonyl (C=O) groups is 1. The molecular weight excluding hydrogens is 354 g/mol. The number of benzene rings is 2. The van der Waals surface area contributed by atoms with Crippen molar-refractivity contribution >= 4 is 33.5 Å². The molecule has 0 atom stereocenters. The first-order valence-electron chi connectivity index (χ1n) is 8.93. The molecule has 0 spiro atoms. The first-order chi connectivity index (χ1) is 13.4. The summed E-state index contributed by atoms with van der Waals surface area (Å²) in [6.45, 7) is 5.42. The smallest absolute Gasteiger partial charge is 0.261 e. The first-order valence-corrected chi connectivity index (χ1v) is 8.93. The Bertz CT molecular complexity index is 1290. The lowest BCUT2D eigenvalue weighted by Crippen LogP contribution is -2.30. The van der Waals surface area contributed by atoms with Gasteiger partial charge in [0.2, 0.25) is 5.91 Å². The largest absolute Gasteiger partial charge is 0.324 e. The van der Waals surface area contributed by atoms with E-state index in [0.29, 0.717) is 27.9 Å². The van der Waals surface area contributed by atoms with Gasteiger partial charge in [-0.3, -0.25) is 14.2 Å². The number of aromatic nitrogens is 4. The molecule has 4 rings (SSSR count). The highest BCUT2D eigenvalue weighted by atomic mass is 16.2. The summed E-state index contributed by atoms with van der Waals surface area (Å²) in [5, 5.41) is 3.32. The summed E-state index contributed by atoms with van der Waals surface area (Å²) in [6.07, 6.45) is 0. The third-order valence-electron chi connectivity index (χ3n) is 4.71.